The fourth-order valence-corrected chi connectivity index (χ4v) is 1.92. The quantitative estimate of drug-likeness (QED) is 0.896. The number of aliphatic hydroxyl groups excluding tert-OH is 1. The lowest BCUT2D eigenvalue weighted by molar-refractivity contribution is 0.166. The molecule has 106 valence electrons. The van der Waals surface area contributed by atoms with Crippen LogP contribution in [-0.4, -0.2) is 5.11 Å². The topological polar surface area (TPSA) is 29.5 Å². The van der Waals surface area contributed by atoms with Gasteiger partial charge in [-0.15, -0.1) is 0 Å². The molecule has 0 bridgehead atoms. The molecular formula is C16H16F2O2. The number of halogens is 2. The van der Waals surface area contributed by atoms with Crippen LogP contribution in [-0.2, 0) is 6.61 Å². The minimum absolute atomic E-state index is 0.0863. The highest BCUT2D eigenvalue weighted by atomic mass is 19.2. The van der Waals surface area contributed by atoms with Crippen molar-refractivity contribution in [1.29, 1.82) is 0 Å². The molecule has 0 saturated heterocycles. The maximum atomic E-state index is 13.5. The Morgan fingerprint density at radius 2 is 1.85 bits per heavy atom. The number of aliphatic hydroxyl groups is 1. The van der Waals surface area contributed by atoms with E-state index in [9.17, 15) is 13.9 Å². The van der Waals surface area contributed by atoms with Gasteiger partial charge in [0.1, 0.15) is 12.4 Å². The summed E-state index contributed by atoms with van der Waals surface area (Å²) in [6, 6.07) is 11.0. The Balaban J connectivity index is 2.17. The summed E-state index contributed by atoms with van der Waals surface area (Å²) in [4.78, 5) is 0. The zero-order valence-corrected chi connectivity index (χ0v) is 11.1. The Morgan fingerprint density at radius 1 is 1.10 bits per heavy atom. The van der Waals surface area contributed by atoms with Gasteiger partial charge < -0.3 is 9.84 Å². The minimum atomic E-state index is -0.902. The van der Waals surface area contributed by atoms with Crippen LogP contribution in [0.15, 0.2) is 42.5 Å². The van der Waals surface area contributed by atoms with Crippen molar-refractivity contribution >= 4 is 0 Å². The molecule has 0 aromatic heterocycles. The third-order valence-corrected chi connectivity index (χ3v) is 3.08. The maximum absolute atomic E-state index is 13.5. The van der Waals surface area contributed by atoms with E-state index in [1.807, 2.05) is 6.92 Å². The van der Waals surface area contributed by atoms with E-state index in [0.717, 1.165) is 6.07 Å². The summed E-state index contributed by atoms with van der Waals surface area (Å²) in [5.74, 6) is -1.32. The molecule has 0 amide bonds. The van der Waals surface area contributed by atoms with Crippen LogP contribution in [0.25, 0.3) is 0 Å². The normalized spacial score (nSPS) is 12.2. The second-order valence-corrected chi connectivity index (χ2v) is 4.46. The molecule has 0 spiro atoms. The molecule has 2 aromatic rings. The summed E-state index contributed by atoms with van der Waals surface area (Å²) in [6.45, 7) is 1.77. The maximum Gasteiger partial charge on any atom is 0.165 e. The predicted molar refractivity (Wildman–Crippen MR) is 72.4 cm³/mol. The Kier molecular flexibility index (Phi) is 4.69. The van der Waals surface area contributed by atoms with Crippen molar-refractivity contribution in [2.45, 2.75) is 26.1 Å². The first-order valence-electron chi connectivity index (χ1n) is 6.46. The van der Waals surface area contributed by atoms with Crippen molar-refractivity contribution in [3.63, 3.8) is 0 Å². The number of rotatable bonds is 5. The van der Waals surface area contributed by atoms with Crippen LogP contribution < -0.4 is 4.74 Å². The molecule has 1 N–H and O–H groups in total. The van der Waals surface area contributed by atoms with E-state index in [1.165, 1.54) is 12.1 Å². The van der Waals surface area contributed by atoms with Crippen LogP contribution in [0.4, 0.5) is 8.78 Å². The monoisotopic (exact) mass is 278 g/mol. The second-order valence-electron chi connectivity index (χ2n) is 4.46. The van der Waals surface area contributed by atoms with E-state index in [0.29, 0.717) is 17.7 Å². The highest BCUT2D eigenvalue weighted by Crippen LogP contribution is 2.27. The van der Waals surface area contributed by atoms with Gasteiger partial charge in [-0.3, -0.25) is 0 Å². The number of ether oxygens (including phenoxy) is 1. The Labute approximate surface area is 116 Å². The lowest BCUT2D eigenvalue weighted by atomic mass is 10.1. The molecular weight excluding hydrogens is 262 g/mol. The van der Waals surface area contributed by atoms with Gasteiger partial charge in [0.05, 0.1) is 6.10 Å². The molecule has 2 nitrogen and oxygen atoms in total. The molecule has 0 aliphatic rings. The molecule has 0 saturated carbocycles. The van der Waals surface area contributed by atoms with Gasteiger partial charge in [0.2, 0.25) is 0 Å². The van der Waals surface area contributed by atoms with Crippen molar-refractivity contribution in [2.24, 2.45) is 0 Å². The summed E-state index contributed by atoms with van der Waals surface area (Å²) >= 11 is 0. The third kappa shape index (κ3) is 3.14. The highest BCUT2D eigenvalue weighted by molar-refractivity contribution is 5.35. The summed E-state index contributed by atoms with van der Waals surface area (Å²) in [7, 11) is 0. The van der Waals surface area contributed by atoms with Gasteiger partial charge in [-0.05, 0) is 18.6 Å². The third-order valence-electron chi connectivity index (χ3n) is 3.08. The summed E-state index contributed by atoms with van der Waals surface area (Å²) in [5, 5.41) is 9.89. The lowest BCUT2D eigenvalue weighted by Crippen LogP contribution is -2.04. The van der Waals surface area contributed by atoms with Gasteiger partial charge >= 0.3 is 0 Å². The predicted octanol–water partition coefficient (Wildman–Crippen LogP) is 3.99. The number of para-hydroxylation sites is 1. The fourth-order valence-electron chi connectivity index (χ4n) is 1.92. The molecule has 1 atom stereocenters. The van der Waals surface area contributed by atoms with Crippen molar-refractivity contribution in [3.05, 3.63) is 65.2 Å². The van der Waals surface area contributed by atoms with Crippen molar-refractivity contribution < 1.29 is 18.6 Å². The highest BCUT2D eigenvalue weighted by Gasteiger charge is 2.13. The van der Waals surface area contributed by atoms with E-state index in [4.69, 9.17) is 4.74 Å². The van der Waals surface area contributed by atoms with E-state index in [2.05, 4.69) is 0 Å². The number of benzene rings is 2. The van der Waals surface area contributed by atoms with Crippen LogP contribution >= 0.6 is 0 Å². The zero-order valence-electron chi connectivity index (χ0n) is 11.1. The lowest BCUT2D eigenvalue weighted by Gasteiger charge is -2.15. The molecule has 4 heteroatoms. The summed E-state index contributed by atoms with van der Waals surface area (Å²) in [5.41, 5.74) is 0.789. The minimum Gasteiger partial charge on any atom is -0.488 e. The van der Waals surface area contributed by atoms with Crippen LogP contribution in [0, 0.1) is 11.6 Å². The van der Waals surface area contributed by atoms with Crippen LogP contribution in [0.1, 0.15) is 30.6 Å². The number of hydrogen-bond acceptors (Lipinski definition) is 2. The first-order chi connectivity index (χ1) is 9.63. The van der Waals surface area contributed by atoms with Gasteiger partial charge in [-0.25, -0.2) is 8.78 Å². The first kappa shape index (κ1) is 14.5. The fraction of sp³-hybridized carbons (Fsp3) is 0.250. The smallest absolute Gasteiger partial charge is 0.165 e. The molecule has 0 unspecified atom stereocenters. The SMILES string of the molecule is CC[C@H](O)c1ccccc1OCc1cccc(F)c1F. The first-order valence-corrected chi connectivity index (χ1v) is 6.46. The average molecular weight is 278 g/mol. The number of hydrogen-bond donors (Lipinski definition) is 1. The van der Waals surface area contributed by atoms with Gasteiger partial charge in [0.25, 0.3) is 0 Å². The Bertz CT molecular complexity index is 584. The van der Waals surface area contributed by atoms with Crippen LogP contribution in [0.2, 0.25) is 0 Å². The molecule has 0 aliphatic heterocycles. The van der Waals surface area contributed by atoms with E-state index >= 15 is 0 Å². The largest absolute Gasteiger partial charge is 0.488 e. The van der Waals surface area contributed by atoms with E-state index in [1.54, 1.807) is 24.3 Å². The van der Waals surface area contributed by atoms with E-state index in [-0.39, 0.29) is 12.2 Å². The molecule has 0 aliphatic carbocycles. The van der Waals surface area contributed by atoms with Crippen molar-refractivity contribution in [1.82, 2.24) is 0 Å². The van der Waals surface area contributed by atoms with Gasteiger partial charge in [-0.2, -0.15) is 0 Å². The molecule has 2 aromatic carbocycles. The van der Waals surface area contributed by atoms with Gasteiger partial charge in [-0.1, -0.05) is 37.3 Å². The molecule has 0 radical (unpaired) electrons. The zero-order chi connectivity index (χ0) is 14.5. The van der Waals surface area contributed by atoms with E-state index < -0.39 is 17.7 Å². The Morgan fingerprint density at radius 3 is 2.60 bits per heavy atom. The van der Waals surface area contributed by atoms with Gasteiger partial charge in [0.15, 0.2) is 11.6 Å². The van der Waals surface area contributed by atoms with Crippen molar-refractivity contribution in [2.75, 3.05) is 0 Å². The van der Waals surface area contributed by atoms with Gasteiger partial charge in [0, 0.05) is 11.1 Å². The van der Waals surface area contributed by atoms with Crippen LogP contribution in [0.3, 0.4) is 0 Å². The molecule has 0 heterocycles. The second kappa shape index (κ2) is 6.48. The molecule has 2 rings (SSSR count). The summed E-state index contributed by atoms with van der Waals surface area (Å²) in [6.07, 6.45) is -0.0853. The Hall–Kier alpha value is -1.94. The molecule has 20 heavy (non-hydrogen) atoms. The molecule has 0 fully saturated rings. The average Bonchev–Trinajstić information content (AvgIpc) is 2.48. The summed E-state index contributed by atoms with van der Waals surface area (Å²) < 4.78 is 32.1. The van der Waals surface area contributed by atoms with Crippen molar-refractivity contribution in [3.8, 4) is 5.75 Å². The van der Waals surface area contributed by atoms with Crippen LogP contribution in [0.5, 0.6) is 5.75 Å². The standard InChI is InChI=1S/C16H16F2O2/c1-2-14(19)12-7-3-4-9-15(12)20-10-11-6-5-8-13(17)16(11)18/h3-9,14,19H,2,10H2,1H3/t14-/m0/s1.